The largest absolute Gasteiger partial charge is 0.465 e. The molecule has 0 aromatic heterocycles. The number of ether oxygens (including phenoxy) is 10. The first-order valence-corrected chi connectivity index (χ1v) is 21.6. The SMILES string of the molecule is [N-]=[N+]=NCCOCCNC(=O)CCOCC(COCCC(=O)NCCOCCN=[N+]=[N-])(COCCC(=O)NCCOCCN=[N+]=[N-])NC(=O)CCOCCOCCOCCOCCNC(=O)O. The zero-order chi connectivity index (χ0) is 49.2. The second-order valence-electron chi connectivity index (χ2n) is 13.4. The smallest absolute Gasteiger partial charge is 0.404 e. The predicted octanol–water partition coefficient (Wildman–Crippen LogP) is 0.115. The zero-order valence-electron chi connectivity index (χ0n) is 38.0. The molecule has 0 spiro atoms. The average molecular weight is 965 g/mol. The third-order valence-electron chi connectivity index (χ3n) is 7.97. The Morgan fingerprint density at radius 2 is 0.672 bits per heavy atom. The van der Waals surface area contributed by atoms with Gasteiger partial charge in [0.1, 0.15) is 5.54 Å². The molecule has 0 bridgehead atoms. The van der Waals surface area contributed by atoms with Crippen molar-refractivity contribution in [2.24, 2.45) is 15.3 Å². The highest BCUT2D eigenvalue weighted by atomic mass is 16.6. The number of hydrogen-bond donors (Lipinski definition) is 6. The third kappa shape index (κ3) is 44.3. The van der Waals surface area contributed by atoms with Crippen LogP contribution in [-0.2, 0) is 66.5 Å². The van der Waals surface area contributed by atoms with Gasteiger partial charge in [-0.1, -0.05) is 15.3 Å². The number of rotatable bonds is 49. The van der Waals surface area contributed by atoms with Crippen molar-refractivity contribution < 1.29 is 76.4 Å². The number of carbonyl (C=O) groups excluding carboxylic acids is 4. The van der Waals surface area contributed by atoms with E-state index in [4.69, 9.17) is 69.1 Å². The fourth-order valence-corrected chi connectivity index (χ4v) is 4.86. The number of hydrogen-bond acceptors (Lipinski definition) is 18. The van der Waals surface area contributed by atoms with Gasteiger partial charge in [-0.15, -0.1) is 0 Å². The maximum atomic E-state index is 13.4. The highest BCUT2D eigenvalue weighted by Crippen LogP contribution is 2.11. The van der Waals surface area contributed by atoms with Gasteiger partial charge in [-0.3, -0.25) is 19.2 Å². The third-order valence-corrected chi connectivity index (χ3v) is 7.97. The molecule has 0 heterocycles. The maximum absolute atomic E-state index is 13.4. The Morgan fingerprint density at radius 3 is 1.01 bits per heavy atom. The molecule has 0 saturated heterocycles. The van der Waals surface area contributed by atoms with Crippen molar-refractivity contribution in [1.29, 1.82) is 0 Å². The quantitative estimate of drug-likeness (QED) is 0.0204. The summed E-state index contributed by atoms with van der Waals surface area (Å²) in [5, 5.41) is 31.8. The van der Waals surface area contributed by atoms with Crippen LogP contribution in [0.3, 0.4) is 0 Å². The Balaban J connectivity index is 5.35. The van der Waals surface area contributed by atoms with E-state index in [0.717, 1.165) is 0 Å². The van der Waals surface area contributed by atoms with Crippen LogP contribution in [0, 0.1) is 0 Å². The van der Waals surface area contributed by atoms with Gasteiger partial charge in [0.2, 0.25) is 23.6 Å². The Hall–Kier alpha value is -5.32. The van der Waals surface area contributed by atoms with E-state index in [2.05, 4.69) is 56.7 Å². The van der Waals surface area contributed by atoms with Crippen LogP contribution < -0.4 is 26.6 Å². The highest BCUT2D eigenvalue weighted by molar-refractivity contribution is 5.77. The molecule has 0 atom stereocenters. The minimum atomic E-state index is -1.36. The minimum Gasteiger partial charge on any atom is -0.465 e. The molecule has 30 heteroatoms. The number of nitrogens with zero attached hydrogens (tertiary/aromatic N) is 9. The molecular formula is C37H68N14O16. The van der Waals surface area contributed by atoms with Crippen molar-refractivity contribution in [1.82, 2.24) is 26.6 Å². The van der Waals surface area contributed by atoms with Crippen LogP contribution in [0.2, 0.25) is 0 Å². The molecule has 0 aliphatic rings. The maximum Gasteiger partial charge on any atom is 0.404 e. The van der Waals surface area contributed by atoms with Gasteiger partial charge in [0.05, 0.1) is 132 Å². The lowest BCUT2D eigenvalue weighted by Crippen LogP contribution is -2.59. The van der Waals surface area contributed by atoms with Gasteiger partial charge in [0.25, 0.3) is 0 Å². The summed E-state index contributed by atoms with van der Waals surface area (Å²) in [6.45, 7) is 3.62. The summed E-state index contributed by atoms with van der Waals surface area (Å²) in [6, 6.07) is 0. The fraction of sp³-hybridized carbons (Fsp3) is 0.865. The van der Waals surface area contributed by atoms with Crippen molar-refractivity contribution in [3.8, 4) is 0 Å². The first-order chi connectivity index (χ1) is 32.7. The van der Waals surface area contributed by atoms with Crippen LogP contribution in [0.15, 0.2) is 15.3 Å². The van der Waals surface area contributed by atoms with Crippen LogP contribution >= 0.6 is 0 Å². The van der Waals surface area contributed by atoms with Gasteiger partial charge in [0, 0.05) is 86.2 Å². The molecule has 0 rings (SSSR count). The topological polar surface area (TPSA) is 404 Å². The molecule has 0 unspecified atom stereocenters. The van der Waals surface area contributed by atoms with Gasteiger partial charge < -0.3 is 79.1 Å². The van der Waals surface area contributed by atoms with Gasteiger partial charge >= 0.3 is 6.09 Å². The summed E-state index contributed by atoms with van der Waals surface area (Å²) in [7, 11) is 0. The molecule has 0 saturated carbocycles. The first-order valence-electron chi connectivity index (χ1n) is 21.6. The predicted molar refractivity (Wildman–Crippen MR) is 235 cm³/mol. The van der Waals surface area contributed by atoms with Gasteiger partial charge in [-0.25, -0.2) is 4.79 Å². The molecule has 0 aliphatic heterocycles. The number of carboxylic acid groups (broad SMARTS) is 1. The second-order valence-corrected chi connectivity index (χ2v) is 13.4. The van der Waals surface area contributed by atoms with Gasteiger partial charge in [-0.2, -0.15) is 0 Å². The summed E-state index contributed by atoms with van der Waals surface area (Å²) in [5.41, 5.74) is 23.7. The standard InChI is InChI=1S/C37H68N14O16/c38-49-45-9-20-59-16-5-41-32(52)1-13-65-29-37(30-66-14-2-33(53)42-6-17-60-21-10-46-50-39,31-67-15-3-34(54)43-7-18-61-22-11-47-51-40)48-35(55)4-12-58-23-25-63-27-28-64-26-24-62-19-8-44-36(56)57/h44H,1-31H2,(H,41,52)(H,42,53)(H,43,54)(H,48,55)(H,56,57). The molecule has 382 valence electrons. The summed E-state index contributed by atoms with van der Waals surface area (Å²) < 4.78 is 55.2. The lowest BCUT2D eigenvalue weighted by atomic mass is 10.0. The average Bonchev–Trinajstić information content (AvgIpc) is 3.31. The molecule has 30 nitrogen and oxygen atoms in total. The lowest BCUT2D eigenvalue weighted by molar-refractivity contribution is -0.131. The minimum absolute atomic E-state index is 0.0265. The number of carbonyl (C=O) groups is 5. The number of amides is 5. The van der Waals surface area contributed by atoms with E-state index in [1.807, 2.05) is 0 Å². The zero-order valence-corrected chi connectivity index (χ0v) is 38.0. The van der Waals surface area contributed by atoms with Crippen LogP contribution in [-0.4, -0.2) is 218 Å². The van der Waals surface area contributed by atoms with E-state index in [1.54, 1.807) is 0 Å². The van der Waals surface area contributed by atoms with Crippen molar-refractivity contribution in [2.75, 3.05) is 178 Å². The molecule has 6 N–H and O–H groups in total. The van der Waals surface area contributed by atoms with Gasteiger partial charge in [0.15, 0.2) is 0 Å². The molecule has 0 aromatic rings. The Bertz CT molecular complexity index is 1350. The van der Waals surface area contributed by atoms with E-state index in [-0.39, 0.29) is 202 Å². The van der Waals surface area contributed by atoms with Crippen molar-refractivity contribution in [3.63, 3.8) is 0 Å². The van der Waals surface area contributed by atoms with Crippen LogP contribution in [0.4, 0.5) is 4.79 Å². The Labute approximate surface area is 388 Å². The van der Waals surface area contributed by atoms with E-state index >= 15 is 0 Å². The van der Waals surface area contributed by atoms with Crippen LogP contribution in [0.25, 0.3) is 31.3 Å². The van der Waals surface area contributed by atoms with Crippen molar-refractivity contribution >= 4 is 29.7 Å². The van der Waals surface area contributed by atoms with E-state index < -0.39 is 17.5 Å². The molecule has 5 amide bonds. The lowest BCUT2D eigenvalue weighted by Gasteiger charge is -2.34. The molecular weight excluding hydrogens is 896 g/mol. The van der Waals surface area contributed by atoms with E-state index in [9.17, 15) is 24.0 Å². The van der Waals surface area contributed by atoms with E-state index in [0.29, 0.717) is 19.8 Å². The summed E-state index contributed by atoms with van der Waals surface area (Å²) in [6.07, 6.45) is -1.33. The molecule has 67 heavy (non-hydrogen) atoms. The van der Waals surface area contributed by atoms with Crippen molar-refractivity contribution in [3.05, 3.63) is 31.3 Å². The molecule has 0 aliphatic carbocycles. The normalized spacial score (nSPS) is 11.5. The van der Waals surface area contributed by atoms with Crippen LogP contribution in [0.5, 0.6) is 0 Å². The van der Waals surface area contributed by atoms with Crippen molar-refractivity contribution in [2.45, 2.75) is 31.2 Å². The number of nitrogens with one attached hydrogen (secondary N) is 5. The molecule has 0 aromatic carbocycles. The van der Waals surface area contributed by atoms with Crippen LogP contribution in [0.1, 0.15) is 25.7 Å². The summed E-state index contributed by atoms with van der Waals surface area (Å²) in [4.78, 5) is 69.1. The summed E-state index contributed by atoms with van der Waals surface area (Å²) >= 11 is 0. The Morgan fingerprint density at radius 1 is 0.388 bits per heavy atom. The van der Waals surface area contributed by atoms with E-state index in [1.165, 1.54) is 0 Å². The Kier molecular flexibility index (Phi) is 43.4. The first kappa shape index (κ1) is 61.7. The second kappa shape index (κ2) is 47.2. The summed E-state index contributed by atoms with van der Waals surface area (Å²) in [5.74, 6) is -1.45. The molecule has 0 fully saturated rings. The fourth-order valence-electron chi connectivity index (χ4n) is 4.86. The molecule has 0 radical (unpaired) electrons. The monoisotopic (exact) mass is 964 g/mol. The highest BCUT2D eigenvalue weighted by Gasteiger charge is 2.34. The number of azide groups is 3. The van der Waals surface area contributed by atoms with Gasteiger partial charge in [-0.05, 0) is 16.6 Å².